The van der Waals surface area contributed by atoms with Gasteiger partial charge in [-0.3, -0.25) is 10.1 Å². The average Bonchev–Trinajstić information content (AvgIpc) is 2.81. The molecule has 0 aliphatic rings. The smallest absolute Gasteiger partial charge is 0.418 e. The number of carboxylic acids is 1. The summed E-state index contributed by atoms with van der Waals surface area (Å²) >= 11 is 6.02. The first kappa shape index (κ1) is 24.7. The van der Waals surface area contributed by atoms with Gasteiger partial charge in [-0.05, 0) is 47.9 Å². The summed E-state index contributed by atoms with van der Waals surface area (Å²) in [6.45, 7) is 2.04. The maximum atomic E-state index is 12.4. The van der Waals surface area contributed by atoms with Crippen molar-refractivity contribution in [2.45, 2.75) is 32.2 Å². The van der Waals surface area contributed by atoms with Crippen molar-refractivity contribution in [3.63, 3.8) is 0 Å². The number of amides is 2. The number of hydrogen-bond donors (Lipinski definition) is 3. The Balaban J connectivity index is 1.60. The third-order valence-electron chi connectivity index (χ3n) is 4.93. The van der Waals surface area contributed by atoms with Crippen LogP contribution in [-0.2, 0) is 17.6 Å². The lowest BCUT2D eigenvalue weighted by molar-refractivity contribution is -0.139. The van der Waals surface area contributed by atoms with E-state index in [1.807, 2.05) is 19.1 Å². The maximum Gasteiger partial charge on any atom is 0.418 e. The van der Waals surface area contributed by atoms with Crippen LogP contribution in [0.3, 0.4) is 0 Å². The largest absolute Gasteiger partial charge is 0.480 e. The number of aryl methyl sites for hydroxylation is 1. The standard InChI is InChI=1S/C25H24ClN3O5/c1-2-6-17-7-5-14-27-22(17)29-25(33)34-18-12-10-16(11-13-18)15-21(24(31)32)28-23(30)19-8-3-4-9-20(19)26/h3-5,7-14,21H,2,6,15H2,1H3,(H,28,30)(H,31,32)(H,27,29,33)/t21-/m0/s1. The zero-order valence-corrected chi connectivity index (χ0v) is 19.2. The lowest BCUT2D eigenvalue weighted by Crippen LogP contribution is -2.42. The number of benzene rings is 2. The Morgan fingerprint density at radius 2 is 1.79 bits per heavy atom. The quantitative estimate of drug-likeness (QED) is 0.407. The highest BCUT2D eigenvalue weighted by Gasteiger charge is 2.22. The van der Waals surface area contributed by atoms with Gasteiger partial charge in [-0.15, -0.1) is 0 Å². The molecule has 0 spiro atoms. The van der Waals surface area contributed by atoms with Gasteiger partial charge >= 0.3 is 12.1 Å². The summed E-state index contributed by atoms with van der Waals surface area (Å²) in [4.78, 5) is 40.6. The Labute approximate surface area is 201 Å². The predicted octanol–water partition coefficient (Wildman–Crippen LogP) is 4.72. The summed E-state index contributed by atoms with van der Waals surface area (Å²) < 4.78 is 5.30. The van der Waals surface area contributed by atoms with E-state index in [9.17, 15) is 19.5 Å². The fourth-order valence-corrected chi connectivity index (χ4v) is 3.48. The lowest BCUT2D eigenvalue weighted by atomic mass is 10.1. The molecule has 1 aromatic heterocycles. The van der Waals surface area contributed by atoms with Crippen LogP contribution in [0.2, 0.25) is 5.02 Å². The number of nitrogens with zero attached hydrogens (tertiary/aromatic N) is 1. The topological polar surface area (TPSA) is 118 Å². The molecule has 0 radical (unpaired) electrons. The van der Waals surface area contributed by atoms with Gasteiger partial charge in [0.05, 0.1) is 10.6 Å². The van der Waals surface area contributed by atoms with Crippen molar-refractivity contribution in [1.29, 1.82) is 0 Å². The summed E-state index contributed by atoms with van der Waals surface area (Å²) in [6, 6.07) is 15.3. The van der Waals surface area contributed by atoms with Gasteiger partial charge in [-0.25, -0.2) is 14.6 Å². The van der Waals surface area contributed by atoms with Crippen LogP contribution in [0.15, 0.2) is 66.9 Å². The number of carboxylic acid groups (broad SMARTS) is 1. The van der Waals surface area contributed by atoms with Crippen molar-refractivity contribution < 1.29 is 24.2 Å². The Morgan fingerprint density at radius 3 is 2.47 bits per heavy atom. The van der Waals surface area contributed by atoms with Crippen LogP contribution in [0.1, 0.15) is 34.8 Å². The van der Waals surface area contributed by atoms with Gasteiger partial charge in [0.25, 0.3) is 5.91 Å². The zero-order valence-electron chi connectivity index (χ0n) is 18.5. The molecule has 34 heavy (non-hydrogen) atoms. The molecule has 1 atom stereocenters. The van der Waals surface area contributed by atoms with E-state index in [2.05, 4.69) is 15.6 Å². The van der Waals surface area contributed by atoms with Crippen molar-refractivity contribution in [3.05, 3.63) is 88.6 Å². The highest BCUT2D eigenvalue weighted by Crippen LogP contribution is 2.18. The van der Waals surface area contributed by atoms with E-state index in [1.165, 1.54) is 6.07 Å². The van der Waals surface area contributed by atoms with Crippen molar-refractivity contribution in [1.82, 2.24) is 10.3 Å². The zero-order chi connectivity index (χ0) is 24.5. The number of halogens is 1. The molecule has 0 aliphatic carbocycles. The van der Waals surface area contributed by atoms with E-state index in [0.717, 1.165) is 18.4 Å². The van der Waals surface area contributed by atoms with Gasteiger partial charge in [-0.1, -0.05) is 55.3 Å². The molecule has 3 rings (SSSR count). The molecule has 0 fully saturated rings. The van der Waals surface area contributed by atoms with Crippen LogP contribution in [-0.4, -0.2) is 34.1 Å². The predicted molar refractivity (Wildman–Crippen MR) is 128 cm³/mol. The number of aromatic nitrogens is 1. The number of carbonyl (C=O) groups excluding carboxylic acids is 2. The van der Waals surface area contributed by atoms with E-state index in [-0.39, 0.29) is 22.8 Å². The summed E-state index contributed by atoms with van der Waals surface area (Å²) in [7, 11) is 0. The summed E-state index contributed by atoms with van der Waals surface area (Å²) in [6.07, 6.45) is 2.63. The van der Waals surface area contributed by atoms with E-state index in [0.29, 0.717) is 11.4 Å². The van der Waals surface area contributed by atoms with Gasteiger partial charge in [0.15, 0.2) is 0 Å². The summed E-state index contributed by atoms with van der Waals surface area (Å²) in [5.74, 6) is -1.03. The molecule has 8 nitrogen and oxygen atoms in total. The van der Waals surface area contributed by atoms with Gasteiger partial charge in [0.2, 0.25) is 0 Å². The number of hydrogen-bond acceptors (Lipinski definition) is 5. The van der Waals surface area contributed by atoms with Crippen LogP contribution in [0.25, 0.3) is 0 Å². The van der Waals surface area contributed by atoms with E-state index in [4.69, 9.17) is 16.3 Å². The van der Waals surface area contributed by atoms with E-state index < -0.39 is 24.0 Å². The molecule has 2 aromatic carbocycles. The number of carbonyl (C=O) groups is 3. The first-order chi connectivity index (χ1) is 16.4. The number of rotatable bonds is 9. The summed E-state index contributed by atoms with van der Waals surface area (Å²) in [5.41, 5.74) is 1.74. The fraction of sp³-hybridized carbons (Fsp3) is 0.200. The second-order valence-electron chi connectivity index (χ2n) is 7.47. The van der Waals surface area contributed by atoms with Crippen molar-refractivity contribution in [3.8, 4) is 5.75 Å². The Kier molecular flexibility index (Phi) is 8.59. The minimum atomic E-state index is -1.18. The van der Waals surface area contributed by atoms with Crippen LogP contribution < -0.4 is 15.4 Å². The number of nitrogens with one attached hydrogen (secondary N) is 2. The van der Waals surface area contributed by atoms with E-state index >= 15 is 0 Å². The van der Waals surface area contributed by atoms with Crippen molar-refractivity contribution in [2.75, 3.05) is 5.32 Å². The van der Waals surface area contributed by atoms with Gasteiger partial charge in [0, 0.05) is 12.6 Å². The fourth-order valence-electron chi connectivity index (χ4n) is 3.26. The average molecular weight is 482 g/mol. The molecule has 3 N–H and O–H groups in total. The minimum absolute atomic E-state index is 0.0340. The van der Waals surface area contributed by atoms with E-state index in [1.54, 1.807) is 48.7 Å². The Bertz CT molecular complexity index is 1170. The van der Waals surface area contributed by atoms with Crippen LogP contribution in [0.4, 0.5) is 10.6 Å². The highest BCUT2D eigenvalue weighted by molar-refractivity contribution is 6.33. The third-order valence-corrected chi connectivity index (χ3v) is 5.26. The first-order valence-electron chi connectivity index (χ1n) is 10.7. The Hall–Kier alpha value is -3.91. The third kappa shape index (κ3) is 6.79. The molecular weight excluding hydrogens is 458 g/mol. The molecule has 0 saturated heterocycles. The Morgan fingerprint density at radius 1 is 1.06 bits per heavy atom. The van der Waals surface area contributed by atoms with Gasteiger partial charge in [0.1, 0.15) is 17.6 Å². The number of anilines is 1. The molecule has 0 aliphatic heterocycles. The molecule has 0 unspecified atom stereocenters. The maximum absolute atomic E-state index is 12.4. The molecule has 176 valence electrons. The number of ether oxygens (including phenoxy) is 1. The second-order valence-corrected chi connectivity index (χ2v) is 7.88. The molecule has 2 amide bonds. The SMILES string of the molecule is CCCc1cccnc1NC(=O)Oc1ccc(C[C@H](NC(=O)c2ccccc2Cl)C(=O)O)cc1. The minimum Gasteiger partial charge on any atom is -0.480 e. The molecule has 3 aromatic rings. The number of pyridine rings is 1. The van der Waals surface area contributed by atoms with Crippen molar-refractivity contribution in [2.24, 2.45) is 0 Å². The summed E-state index contributed by atoms with van der Waals surface area (Å²) in [5, 5.41) is 14.9. The monoisotopic (exact) mass is 481 g/mol. The first-order valence-corrected chi connectivity index (χ1v) is 11.0. The van der Waals surface area contributed by atoms with Crippen molar-refractivity contribution >= 4 is 35.4 Å². The van der Waals surface area contributed by atoms with Gasteiger partial charge < -0.3 is 15.2 Å². The molecule has 9 heteroatoms. The van der Waals surface area contributed by atoms with Crippen LogP contribution in [0.5, 0.6) is 5.75 Å². The molecule has 0 bridgehead atoms. The van der Waals surface area contributed by atoms with Gasteiger partial charge in [-0.2, -0.15) is 0 Å². The molecule has 0 saturated carbocycles. The molecule has 1 heterocycles. The highest BCUT2D eigenvalue weighted by atomic mass is 35.5. The molecular formula is C25H24ClN3O5. The van der Waals surface area contributed by atoms with Crippen LogP contribution in [0, 0.1) is 0 Å². The second kappa shape index (κ2) is 11.8. The van der Waals surface area contributed by atoms with Crippen LogP contribution >= 0.6 is 11.6 Å². The normalized spacial score (nSPS) is 11.4. The lowest BCUT2D eigenvalue weighted by Gasteiger charge is -2.15. The number of aliphatic carboxylic acids is 1.